The van der Waals surface area contributed by atoms with E-state index in [1.807, 2.05) is 36.4 Å². The van der Waals surface area contributed by atoms with Gasteiger partial charge in [-0.15, -0.1) is 11.3 Å². The maximum Gasteiger partial charge on any atom is 0.407 e. The highest BCUT2D eigenvalue weighted by atomic mass is 32.1. The molecule has 35 heavy (non-hydrogen) atoms. The Morgan fingerprint density at radius 2 is 1.74 bits per heavy atom. The molecule has 1 aliphatic rings. The van der Waals surface area contributed by atoms with E-state index in [2.05, 4.69) is 27.8 Å². The normalized spacial score (nSPS) is 13.9. The number of nitrogens with zero attached hydrogens (tertiary/aromatic N) is 1. The van der Waals surface area contributed by atoms with Crippen molar-refractivity contribution in [3.63, 3.8) is 0 Å². The Kier molecular flexibility index (Phi) is 7.77. The smallest absolute Gasteiger partial charge is 0.407 e. The summed E-state index contributed by atoms with van der Waals surface area (Å²) in [6, 6.07) is 15.3. The van der Waals surface area contributed by atoms with Crippen LogP contribution in [0.4, 0.5) is 4.79 Å². The number of carbonyl (C=O) groups is 3. The molecule has 0 aliphatic heterocycles. The zero-order chi connectivity index (χ0) is 24.8. The number of carboxylic acid groups (broad SMARTS) is 1. The van der Waals surface area contributed by atoms with Gasteiger partial charge in [0.05, 0.1) is 11.4 Å². The molecule has 1 aliphatic carbocycles. The van der Waals surface area contributed by atoms with E-state index in [0.717, 1.165) is 27.1 Å². The highest BCUT2D eigenvalue weighted by molar-refractivity contribution is 7.09. The van der Waals surface area contributed by atoms with Gasteiger partial charge in [-0.1, -0.05) is 55.5 Å². The Morgan fingerprint density at radius 3 is 2.34 bits per heavy atom. The largest absolute Gasteiger partial charge is 0.481 e. The van der Waals surface area contributed by atoms with E-state index in [1.165, 1.54) is 11.3 Å². The van der Waals surface area contributed by atoms with E-state index in [4.69, 9.17) is 9.84 Å². The van der Waals surface area contributed by atoms with Gasteiger partial charge in [-0.05, 0) is 28.7 Å². The average Bonchev–Trinajstić information content (AvgIpc) is 3.48. The summed E-state index contributed by atoms with van der Waals surface area (Å²) in [7, 11) is 0. The summed E-state index contributed by atoms with van der Waals surface area (Å²) >= 11 is 1.39. The van der Waals surface area contributed by atoms with Crippen molar-refractivity contribution in [2.24, 2.45) is 5.92 Å². The standard InChI is InChI=1S/C26H27N3O5S/c1-16(25(31)32)10-11-28-24(30)23(12-17-13-27-15-35-17)29-26(33)34-14-22-20-8-4-2-6-18(20)19-7-3-5-9-21(19)22/h2-9,13,15-16,22-23H,10-12,14H2,1H3,(H,28,30)(H,29,33)(H,31,32). The van der Waals surface area contributed by atoms with Gasteiger partial charge in [-0.25, -0.2) is 4.79 Å². The molecule has 3 N–H and O–H groups in total. The van der Waals surface area contributed by atoms with Gasteiger partial charge in [0.2, 0.25) is 5.91 Å². The Morgan fingerprint density at radius 1 is 1.09 bits per heavy atom. The number of thiazole rings is 1. The lowest BCUT2D eigenvalue weighted by Crippen LogP contribution is -2.48. The summed E-state index contributed by atoms with van der Waals surface area (Å²) in [6.45, 7) is 1.92. The fraction of sp³-hybridized carbons (Fsp3) is 0.308. The molecule has 2 amide bonds. The summed E-state index contributed by atoms with van der Waals surface area (Å²) in [5.74, 6) is -1.98. The van der Waals surface area contributed by atoms with Crippen molar-refractivity contribution in [1.82, 2.24) is 15.6 Å². The van der Waals surface area contributed by atoms with E-state index in [0.29, 0.717) is 6.42 Å². The van der Waals surface area contributed by atoms with E-state index >= 15 is 0 Å². The second-order valence-electron chi connectivity index (χ2n) is 8.51. The molecular formula is C26H27N3O5S. The number of aromatic nitrogens is 1. The van der Waals surface area contributed by atoms with Crippen LogP contribution in [0.15, 0.2) is 60.2 Å². The number of carbonyl (C=O) groups excluding carboxylic acids is 2. The maximum atomic E-state index is 12.8. The van der Waals surface area contributed by atoms with Gasteiger partial charge in [-0.2, -0.15) is 0 Å². The predicted molar refractivity (Wildman–Crippen MR) is 132 cm³/mol. The summed E-state index contributed by atoms with van der Waals surface area (Å²) in [4.78, 5) is 41.4. The van der Waals surface area contributed by atoms with Crippen molar-refractivity contribution in [3.05, 3.63) is 76.2 Å². The molecule has 2 aromatic carbocycles. The Balaban J connectivity index is 1.39. The molecule has 182 valence electrons. The van der Waals surface area contributed by atoms with E-state index in [1.54, 1.807) is 18.6 Å². The van der Waals surface area contributed by atoms with Crippen LogP contribution in [0, 0.1) is 5.92 Å². The van der Waals surface area contributed by atoms with Crippen LogP contribution in [0.25, 0.3) is 11.1 Å². The van der Waals surface area contributed by atoms with Crippen molar-refractivity contribution < 1.29 is 24.2 Å². The topological polar surface area (TPSA) is 118 Å². The van der Waals surface area contributed by atoms with Crippen LogP contribution in [0.1, 0.15) is 35.3 Å². The van der Waals surface area contributed by atoms with E-state index in [9.17, 15) is 14.4 Å². The molecule has 0 bridgehead atoms. The molecule has 0 saturated heterocycles. The lowest BCUT2D eigenvalue weighted by molar-refractivity contribution is -0.141. The molecule has 2 unspecified atom stereocenters. The summed E-state index contributed by atoms with van der Waals surface area (Å²) in [5, 5.41) is 14.4. The zero-order valence-electron chi connectivity index (χ0n) is 19.3. The van der Waals surface area contributed by atoms with E-state index < -0.39 is 29.9 Å². The van der Waals surface area contributed by atoms with Crippen molar-refractivity contribution in [2.45, 2.75) is 31.7 Å². The molecule has 9 heteroatoms. The van der Waals surface area contributed by atoms with Crippen LogP contribution in [0.2, 0.25) is 0 Å². The van der Waals surface area contributed by atoms with Crippen LogP contribution < -0.4 is 10.6 Å². The zero-order valence-corrected chi connectivity index (χ0v) is 20.1. The number of benzene rings is 2. The number of carboxylic acids is 1. The Labute approximate surface area is 207 Å². The molecule has 2 atom stereocenters. The first kappa shape index (κ1) is 24.4. The second kappa shape index (κ2) is 11.1. The quantitative estimate of drug-likeness (QED) is 0.395. The maximum absolute atomic E-state index is 12.8. The molecule has 3 aromatic rings. The average molecular weight is 494 g/mol. The van der Waals surface area contributed by atoms with Crippen LogP contribution in [0.5, 0.6) is 0 Å². The van der Waals surface area contributed by atoms with Crippen molar-refractivity contribution in [3.8, 4) is 11.1 Å². The third kappa shape index (κ3) is 5.86. The minimum absolute atomic E-state index is 0.0839. The van der Waals surface area contributed by atoms with Gasteiger partial charge in [0.25, 0.3) is 0 Å². The number of ether oxygens (including phenoxy) is 1. The van der Waals surface area contributed by atoms with Crippen LogP contribution in [-0.4, -0.2) is 47.3 Å². The highest BCUT2D eigenvalue weighted by Gasteiger charge is 2.30. The van der Waals surface area contributed by atoms with Gasteiger partial charge >= 0.3 is 12.1 Å². The van der Waals surface area contributed by atoms with Crippen molar-refractivity contribution >= 4 is 29.3 Å². The molecule has 1 aromatic heterocycles. The molecular weight excluding hydrogens is 466 g/mol. The van der Waals surface area contributed by atoms with E-state index in [-0.39, 0.29) is 25.5 Å². The number of hydrogen-bond donors (Lipinski definition) is 3. The van der Waals surface area contributed by atoms with Crippen molar-refractivity contribution in [1.29, 1.82) is 0 Å². The molecule has 0 spiro atoms. The third-order valence-corrected chi connectivity index (χ3v) is 6.94. The summed E-state index contributed by atoms with van der Waals surface area (Å²) in [5.41, 5.74) is 6.14. The fourth-order valence-corrected chi connectivity index (χ4v) is 4.84. The number of amides is 2. The second-order valence-corrected chi connectivity index (χ2v) is 9.48. The monoisotopic (exact) mass is 493 g/mol. The third-order valence-electron chi connectivity index (χ3n) is 6.14. The van der Waals surface area contributed by atoms with Crippen molar-refractivity contribution in [2.75, 3.05) is 13.2 Å². The van der Waals surface area contributed by atoms with Gasteiger partial charge in [0.1, 0.15) is 12.6 Å². The highest BCUT2D eigenvalue weighted by Crippen LogP contribution is 2.44. The number of rotatable bonds is 10. The minimum Gasteiger partial charge on any atom is -0.481 e. The minimum atomic E-state index is -0.919. The fourth-order valence-electron chi connectivity index (χ4n) is 4.19. The lowest BCUT2D eigenvalue weighted by atomic mass is 9.98. The molecule has 4 rings (SSSR count). The molecule has 8 nitrogen and oxygen atoms in total. The molecule has 0 radical (unpaired) electrons. The summed E-state index contributed by atoms with van der Waals surface area (Å²) < 4.78 is 5.59. The molecule has 0 saturated carbocycles. The molecule has 1 heterocycles. The summed E-state index contributed by atoms with van der Waals surface area (Å²) in [6.07, 6.45) is 1.51. The number of hydrogen-bond acceptors (Lipinski definition) is 6. The number of alkyl carbamates (subject to hydrolysis) is 1. The molecule has 0 fully saturated rings. The first-order valence-electron chi connectivity index (χ1n) is 11.4. The van der Waals surface area contributed by atoms with Crippen LogP contribution in [-0.2, 0) is 20.7 Å². The van der Waals surface area contributed by atoms with Gasteiger partial charge in [-0.3, -0.25) is 14.6 Å². The van der Waals surface area contributed by atoms with Crippen LogP contribution >= 0.6 is 11.3 Å². The SMILES string of the molecule is CC(CCNC(=O)C(Cc1cncs1)NC(=O)OCC1c2ccccc2-c2ccccc21)C(=O)O. The first-order valence-corrected chi connectivity index (χ1v) is 12.3. The van der Waals surface area contributed by atoms with Gasteiger partial charge < -0.3 is 20.5 Å². The number of aliphatic carboxylic acids is 1. The first-order chi connectivity index (χ1) is 16.9. The van der Waals surface area contributed by atoms with Crippen LogP contribution in [0.3, 0.4) is 0 Å². The number of nitrogens with one attached hydrogen (secondary N) is 2. The Hall–Kier alpha value is -3.72. The number of fused-ring (bicyclic) bond motifs is 3. The van der Waals surface area contributed by atoms with Gasteiger partial charge in [0.15, 0.2) is 0 Å². The lowest BCUT2D eigenvalue weighted by Gasteiger charge is -2.19. The Bertz CT molecular complexity index is 1150. The predicted octanol–water partition coefficient (Wildman–Crippen LogP) is 3.82. The van der Waals surface area contributed by atoms with Gasteiger partial charge in [0, 0.05) is 30.0 Å².